The highest BCUT2D eigenvalue weighted by atomic mass is 35.5. The number of halogens is 1. The fraction of sp³-hybridized carbons (Fsp3) is 0.571. The summed E-state index contributed by atoms with van der Waals surface area (Å²) in [6.45, 7) is 3.19. The molecule has 1 aromatic rings. The molecule has 0 fully saturated rings. The van der Waals surface area contributed by atoms with Gasteiger partial charge in [-0.15, -0.1) is 0 Å². The number of hydrogen-bond donors (Lipinski definition) is 1. The fourth-order valence-electron chi connectivity index (χ4n) is 2.55. The largest absolute Gasteiger partial charge is 0.493 e. The zero-order chi connectivity index (χ0) is 13.1. The van der Waals surface area contributed by atoms with Crippen LogP contribution in [-0.2, 0) is 6.42 Å². The second kappa shape index (κ2) is 5.81. The molecule has 0 heterocycles. The van der Waals surface area contributed by atoms with Crippen LogP contribution in [0.4, 0.5) is 0 Å². The van der Waals surface area contributed by atoms with Crippen LogP contribution in [0.3, 0.4) is 0 Å². The van der Waals surface area contributed by atoms with Crippen molar-refractivity contribution < 1.29 is 9.47 Å². The molecule has 0 saturated heterocycles. The van der Waals surface area contributed by atoms with E-state index in [0.717, 1.165) is 25.8 Å². The SMILES string of the molecule is CCCNC1CCc2c1cc(OC)c(OC)c2Cl. The lowest BCUT2D eigenvalue weighted by atomic mass is 10.1. The van der Waals surface area contributed by atoms with Crippen molar-refractivity contribution in [2.45, 2.75) is 32.2 Å². The van der Waals surface area contributed by atoms with Crippen molar-refractivity contribution >= 4 is 11.6 Å². The molecule has 1 aliphatic carbocycles. The lowest BCUT2D eigenvalue weighted by molar-refractivity contribution is 0.354. The average Bonchev–Trinajstić information content (AvgIpc) is 2.79. The average molecular weight is 270 g/mol. The Morgan fingerprint density at radius 2 is 2.17 bits per heavy atom. The smallest absolute Gasteiger partial charge is 0.179 e. The lowest BCUT2D eigenvalue weighted by Gasteiger charge is -2.17. The highest BCUT2D eigenvalue weighted by Gasteiger charge is 2.28. The van der Waals surface area contributed by atoms with Crippen LogP contribution in [0.15, 0.2) is 6.07 Å². The molecule has 1 aliphatic rings. The molecule has 0 bridgehead atoms. The Hall–Kier alpha value is -0.930. The summed E-state index contributed by atoms with van der Waals surface area (Å²) < 4.78 is 10.7. The maximum Gasteiger partial charge on any atom is 0.179 e. The summed E-state index contributed by atoms with van der Waals surface area (Å²) in [5, 5.41) is 4.25. The van der Waals surface area contributed by atoms with Gasteiger partial charge in [-0.1, -0.05) is 18.5 Å². The predicted octanol–water partition coefficient (Wildman–Crippen LogP) is 3.34. The fourth-order valence-corrected chi connectivity index (χ4v) is 2.92. The number of methoxy groups -OCH3 is 2. The van der Waals surface area contributed by atoms with Gasteiger partial charge in [0.25, 0.3) is 0 Å². The third kappa shape index (κ3) is 2.29. The van der Waals surface area contributed by atoms with E-state index in [1.807, 2.05) is 0 Å². The highest BCUT2D eigenvalue weighted by Crippen LogP contribution is 2.45. The number of nitrogens with one attached hydrogen (secondary N) is 1. The predicted molar refractivity (Wildman–Crippen MR) is 73.9 cm³/mol. The molecule has 0 aliphatic heterocycles. The third-order valence-corrected chi connectivity index (χ3v) is 3.85. The zero-order valence-electron chi connectivity index (χ0n) is 11.2. The van der Waals surface area contributed by atoms with Gasteiger partial charge in [0.15, 0.2) is 11.5 Å². The lowest BCUT2D eigenvalue weighted by Crippen LogP contribution is -2.19. The number of hydrogen-bond acceptors (Lipinski definition) is 3. The maximum absolute atomic E-state index is 6.40. The van der Waals surface area contributed by atoms with Crippen LogP contribution in [0.1, 0.15) is 36.9 Å². The van der Waals surface area contributed by atoms with Crippen LogP contribution in [0.25, 0.3) is 0 Å². The van der Waals surface area contributed by atoms with E-state index < -0.39 is 0 Å². The van der Waals surface area contributed by atoms with E-state index in [2.05, 4.69) is 18.3 Å². The highest BCUT2D eigenvalue weighted by molar-refractivity contribution is 6.33. The summed E-state index contributed by atoms with van der Waals surface area (Å²) in [5.41, 5.74) is 2.45. The molecule has 1 unspecified atom stereocenters. The van der Waals surface area contributed by atoms with Crippen molar-refractivity contribution in [3.05, 3.63) is 22.2 Å². The standard InChI is InChI=1S/C14H20ClNO2/c1-4-7-16-11-6-5-9-10(11)8-12(17-2)14(18-3)13(9)15/h8,11,16H,4-7H2,1-3H3. The van der Waals surface area contributed by atoms with Gasteiger partial charge < -0.3 is 14.8 Å². The number of benzene rings is 1. The first-order chi connectivity index (χ1) is 8.72. The van der Waals surface area contributed by atoms with Crippen molar-refractivity contribution in [1.29, 1.82) is 0 Å². The minimum absolute atomic E-state index is 0.386. The van der Waals surface area contributed by atoms with E-state index >= 15 is 0 Å². The van der Waals surface area contributed by atoms with Gasteiger partial charge in [-0.05, 0) is 43.0 Å². The Morgan fingerprint density at radius 3 is 2.78 bits per heavy atom. The van der Waals surface area contributed by atoms with Gasteiger partial charge in [0.1, 0.15) is 0 Å². The minimum atomic E-state index is 0.386. The van der Waals surface area contributed by atoms with E-state index in [1.165, 1.54) is 11.1 Å². The molecular formula is C14H20ClNO2. The first-order valence-electron chi connectivity index (χ1n) is 6.39. The molecule has 2 rings (SSSR count). The van der Waals surface area contributed by atoms with E-state index in [4.69, 9.17) is 21.1 Å². The van der Waals surface area contributed by atoms with Crippen molar-refractivity contribution in [1.82, 2.24) is 5.32 Å². The van der Waals surface area contributed by atoms with Gasteiger partial charge in [0.2, 0.25) is 0 Å². The first-order valence-corrected chi connectivity index (χ1v) is 6.77. The summed E-state index contributed by atoms with van der Waals surface area (Å²) >= 11 is 6.40. The van der Waals surface area contributed by atoms with E-state index in [9.17, 15) is 0 Å². The van der Waals surface area contributed by atoms with Crippen LogP contribution in [0, 0.1) is 0 Å². The molecule has 1 aromatic carbocycles. The van der Waals surface area contributed by atoms with Gasteiger partial charge in [0, 0.05) is 6.04 Å². The van der Waals surface area contributed by atoms with Crippen LogP contribution in [0.2, 0.25) is 5.02 Å². The molecule has 18 heavy (non-hydrogen) atoms. The summed E-state index contributed by atoms with van der Waals surface area (Å²) in [7, 11) is 3.27. The van der Waals surface area contributed by atoms with Crippen LogP contribution in [0.5, 0.6) is 11.5 Å². The summed E-state index contributed by atoms with van der Waals surface area (Å²) in [6, 6.07) is 2.44. The Balaban J connectivity index is 2.38. The maximum atomic E-state index is 6.40. The van der Waals surface area contributed by atoms with Crippen molar-refractivity contribution in [2.75, 3.05) is 20.8 Å². The number of fused-ring (bicyclic) bond motifs is 1. The molecule has 0 amide bonds. The minimum Gasteiger partial charge on any atom is -0.493 e. The van der Waals surface area contributed by atoms with Crippen LogP contribution in [-0.4, -0.2) is 20.8 Å². The van der Waals surface area contributed by atoms with Crippen molar-refractivity contribution in [2.24, 2.45) is 0 Å². The molecular weight excluding hydrogens is 250 g/mol. The molecule has 3 nitrogen and oxygen atoms in total. The molecule has 0 aromatic heterocycles. The topological polar surface area (TPSA) is 30.5 Å². The van der Waals surface area contributed by atoms with Gasteiger partial charge in [-0.25, -0.2) is 0 Å². The number of ether oxygens (including phenoxy) is 2. The Morgan fingerprint density at radius 1 is 1.39 bits per heavy atom. The molecule has 1 atom stereocenters. The molecule has 0 radical (unpaired) electrons. The van der Waals surface area contributed by atoms with E-state index in [1.54, 1.807) is 14.2 Å². The zero-order valence-corrected chi connectivity index (χ0v) is 11.9. The molecule has 0 spiro atoms. The van der Waals surface area contributed by atoms with Crippen molar-refractivity contribution in [3.63, 3.8) is 0 Å². The second-order valence-corrected chi connectivity index (χ2v) is 4.92. The van der Waals surface area contributed by atoms with Gasteiger partial charge in [-0.3, -0.25) is 0 Å². The van der Waals surface area contributed by atoms with Gasteiger partial charge in [-0.2, -0.15) is 0 Å². The molecule has 4 heteroatoms. The quantitative estimate of drug-likeness (QED) is 0.889. The van der Waals surface area contributed by atoms with Crippen LogP contribution >= 0.6 is 11.6 Å². The van der Waals surface area contributed by atoms with Gasteiger partial charge >= 0.3 is 0 Å². The Labute approximate surface area is 113 Å². The van der Waals surface area contributed by atoms with E-state index in [0.29, 0.717) is 22.6 Å². The first kappa shape index (κ1) is 13.5. The monoisotopic (exact) mass is 269 g/mol. The molecule has 0 saturated carbocycles. The van der Waals surface area contributed by atoms with Crippen molar-refractivity contribution in [3.8, 4) is 11.5 Å². The Kier molecular flexibility index (Phi) is 4.36. The second-order valence-electron chi connectivity index (χ2n) is 4.54. The van der Waals surface area contributed by atoms with Crippen LogP contribution < -0.4 is 14.8 Å². The molecule has 1 N–H and O–H groups in total. The Bertz CT molecular complexity index is 434. The summed E-state index contributed by atoms with van der Waals surface area (Å²) in [5.74, 6) is 1.36. The normalized spacial score (nSPS) is 17.7. The van der Waals surface area contributed by atoms with Gasteiger partial charge in [0.05, 0.1) is 19.2 Å². The number of rotatable bonds is 5. The van der Waals surface area contributed by atoms with E-state index in [-0.39, 0.29) is 0 Å². The summed E-state index contributed by atoms with van der Waals surface area (Å²) in [4.78, 5) is 0. The third-order valence-electron chi connectivity index (χ3n) is 3.45. The molecule has 100 valence electrons. The summed E-state index contributed by atoms with van der Waals surface area (Å²) in [6.07, 6.45) is 3.22.